The van der Waals surface area contributed by atoms with E-state index in [1.165, 1.54) is 76.3 Å². The van der Waals surface area contributed by atoms with Gasteiger partial charge in [-0.1, -0.05) is 65.2 Å². The Kier molecular flexibility index (Phi) is 15.1. The van der Waals surface area contributed by atoms with Gasteiger partial charge in [0.2, 0.25) is 0 Å². The molecule has 1 rings (SSSR count). The first-order valence-corrected chi connectivity index (χ1v) is 9.39. The number of unbranched alkanes of at least 4 members (excludes halogenated alkanes) is 9. The Morgan fingerprint density at radius 1 is 0.917 bits per heavy atom. The summed E-state index contributed by atoms with van der Waals surface area (Å²) >= 11 is 0. The highest BCUT2D eigenvalue weighted by Gasteiger charge is 2.01. The molecule has 0 radical (unpaired) electrons. The summed E-state index contributed by atoms with van der Waals surface area (Å²) in [5, 5.41) is 14.8. The molecule has 1 aromatic rings. The highest BCUT2D eigenvalue weighted by atomic mass is 16.9. The smallest absolute Gasteiger partial charge is 0.171 e. The molecule has 0 fully saturated rings. The lowest BCUT2D eigenvalue weighted by molar-refractivity contribution is -0.697. The molecule has 24 heavy (non-hydrogen) atoms. The second kappa shape index (κ2) is 16.2. The molecule has 0 bridgehead atoms. The van der Waals surface area contributed by atoms with Crippen LogP contribution in [0.15, 0.2) is 24.5 Å². The van der Waals surface area contributed by atoms with Crippen LogP contribution in [0.5, 0.6) is 0 Å². The molecule has 1 heterocycles. The third-order valence-electron chi connectivity index (χ3n) is 4.10. The zero-order valence-corrected chi connectivity index (χ0v) is 15.4. The minimum Gasteiger partial charge on any atom is -0.356 e. The zero-order valence-electron chi connectivity index (χ0n) is 15.4. The van der Waals surface area contributed by atoms with E-state index in [4.69, 9.17) is 15.3 Å². The number of aromatic nitrogens is 1. The molecule has 0 N–H and O–H groups in total. The van der Waals surface area contributed by atoms with Crippen LogP contribution in [0, 0.1) is 15.3 Å². The number of hydrogen-bond acceptors (Lipinski definition) is 3. The Bertz CT molecular complexity index is 421. The normalized spacial score (nSPS) is 10.1. The first-order chi connectivity index (χ1) is 11.6. The van der Waals surface area contributed by atoms with Gasteiger partial charge in [-0.2, -0.15) is 0 Å². The molecule has 0 atom stereocenters. The molecule has 5 heteroatoms. The fourth-order valence-corrected chi connectivity index (χ4v) is 2.71. The fourth-order valence-electron chi connectivity index (χ4n) is 2.71. The van der Waals surface area contributed by atoms with Crippen molar-refractivity contribution < 1.29 is 9.65 Å². The summed E-state index contributed by atoms with van der Waals surface area (Å²) in [7, 11) is 0. The maximum atomic E-state index is 8.25. The van der Waals surface area contributed by atoms with Crippen molar-refractivity contribution in [3.63, 3.8) is 0 Å². The number of hydrogen-bond donors (Lipinski definition) is 0. The van der Waals surface area contributed by atoms with Crippen molar-refractivity contribution in [1.82, 2.24) is 0 Å². The summed E-state index contributed by atoms with van der Waals surface area (Å²) in [5.41, 5.74) is 1.44. The molecule has 0 spiro atoms. The van der Waals surface area contributed by atoms with E-state index in [0.717, 1.165) is 6.42 Å². The van der Waals surface area contributed by atoms with Gasteiger partial charge < -0.3 is 15.3 Å². The Morgan fingerprint density at radius 2 is 1.42 bits per heavy atom. The van der Waals surface area contributed by atoms with Crippen LogP contribution in [0.1, 0.15) is 83.6 Å². The summed E-state index contributed by atoms with van der Waals surface area (Å²) in [5.74, 6) is 0. The zero-order chi connectivity index (χ0) is 18.0. The van der Waals surface area contributed by atoms with Crippen LogP contribution in [-0.4, -0.2) is 5.09 Å². The first kappa shape index (κ1) is 22.4. The Balaban J connectivity index is 0.00000118. The molecule has 0 saturated heterocycles. The van der Waals surface area contributed by atoms with E-state index in [9.17, 15) is 0 Å². The van der Waals surface area contributed by atoms with Gasteiger partial charge in [-0.25, -0.2) is 4.57 Å². The maximum absolute atomic E-state index is 8.25. The number of nitrogens with zero attached hydrogens (tertiary/aromatic N) is 2. The number of pyridine rings is 1. The van der Waals surface area contributed by atoms with E-state index < -0.39 is 5.09 Å². The molecular weight excluding hydrogens is 304 g/mol. The van der Waals surface area contributed by atoms with Gasteiger partial charge in [0.25, 0.3) is 0 Å². The Hall–Kier alpha value is -1.65. The summed E-state index contributed by atoms with van der Waals surface area (Å²) in [6, 6.07) is 4.39. The van der Waals surface area contributed by atoms with Crippen LogP contribution in [0.3, 0.4) is 0 Å². The molecule has 0 saturated carbocycles. The fraction of sp³-hybridized carbons (Fsp3) is 0.737. The second-order valence-corrected chi connectivity index (χ2v) is 6.21. The van der Waals surface area contributed by atoms with Crippen LogP contribution >= 0.6 is 0 Å². The van der Waals surface area contributed by atoms with Crippen molar-refractivity contribution in [2.75, 3.05) is 0 Å². The van der Waals surface area contributed by atoms with E-state index in [-0.39, 0.29) is 0 Å². The van der Waals surface area contributed by atoms with Crippen molar-refractivity contribution >= 4 is 0 Å². The lowest BCUT2D eigenvalue weighted by atomic mass is 10.1. The first-order valence-electron chi connectivity index (χ1n) is 9.39. The molecule has 138 valence electrons. The van der Waals surface area contributed by atoms with Gasteiger partial charge in [-0.3, -0.25) is 0 Å². The predicted molar refractivity (Wildman–Crippen MR) is 98.2 cm³/mol. The summed E-state index contributed by atoms with van der Waals surface area (Å²) in [6.07, 6.45) is 19.8. The SMILES string of the molecule is CCCCCCCCCCCC[n+]1cccc(CC)c1.O=[N+]([O-])[O-]. The molecule has 0 aliphatic rings. The minimum atomic E-state index is -1.75. The molecule has 0 amide bonds. The Morgan fingerprint density at radius 3 is 1.92 bits per heavy atom. The average molecular weight is 338 g/mol. The van der Waals surface area contributed by atoms with Crippen molar-refractivity contribution in [3.8, 4) is 0 Å². The lowest BCUT2D eigenvalue weighted by Crippen LogP contribution is -2.33. The highest BCUT2D eigenvalue weighted by Crippen LogP contribution is 2.10. The highest BCUT2D eigenvalue weighted by molar-refractivity contribution is 5.04. The van der Waals surface area contributed by atoms with Gasteiger partial charge in [0.1, 0.15) is 6.54 Å². The molecule has 0 aliphatic heterocycles. The average Bonchev–Trinajstić information content (AvgIpc) is 2.56. The van der Waals surface area contributed by atoms with Gasteiger partial charge in [0, 0.05) is 18.1 Å². The van der Waals surface area contributed by atoms with E-state index in [1.54, 1.807) is 0 Å². The predicted octanol–water partition coefficient (Wildman–Crippen LogP) is 5.22. The number of rotatable bonds is 12. The molecule has 0 unspecified atom stereocenters. The van der Waals surface area contributed by atoms with Crippen LogP contribution in [-0.2, 0) is 13.0 Å². The Labute approximate surface area is 146 Å². The summed E-state index contributed by atoms with van der Waals surface area (Å²) < 4.78 is 2.35. The molecule has 0 aliphatic carbocycles. The lowest BCUT2D eigenvalue weighted by Gasteiger charge is -2.02. The quantitative estimate of drug-likeness (QED) is 0.227. The van der Waals surface area contributed by atoms with Gasteiger partial charge in [-0.15, -0.1) is 0 Å². The van der Waals surface area contributed by atoms with E-state index >= 15 is 0 Å². The summed E-state index contributed by atoms with van der Waals surface area (Å²) in [4.78, 5) is 8.25. The van der Waals surface area contributed by atoms with Gasteiger partial charge in [0.15, 0.2) is 12.4 Å². The largest absolute Gasteiger partial charge is 0.356 e. The molecule has 1 aromatic heterocycles. The van der Waals surface area contributed by atoms with Crippen molar-refractivity contribution in [2.24, 2.45) is 0 Å². The molecule has 0 aromatic carbocycles. The third kappa shape index (κ3) is 15.3. The van der Waals surface area contributed by atoms with Crippen LogP contribution in [0.4, 0.5) is 0 Å². The van der Waals surface area contributed by atoms with E-state index in [1.807, 2.05) is 0 Å². The van der Waals surface area contributed by atoms with Crippen LogP contribution < -0.4 is 4.57 Å². The van der Waals surface area contributed by atoms with Crippen molar-refractivity contribution in [2.45, 2.75) is 91.0 Å². The molecular formula is C19H34N2O3. The van der Waals surface area contributed by atoms with Gasteiger partial charge >= 0.3 is 0 Å². The van der Waals surface area contributed by atoms with Crippen LogP contribution in [0.2, 0.25) is 0 Å². The maximum Gasteiger partial charge on any atom is 0.171 e. The second-order valence-electron chi connectivity index (χ2n) is 6.21. The monoisotopic (exact) mass is 338 g/mol. The van der Waals surface area contributed by atoms with Crippen LogP contribution in [0.25, 0.3) is 0 Å². The van der Waals surface area contributed by atoms with E-state index in [0.29, 0.717) is 0 Å². The van der Waals surface area contributed by atoms with Gasteiger partial charge in [0.05, 0.1) is 5.09 Å². The van der Waals surface area contributed by atoms with Crippen molar-refractivity contribution in [1.29, 1.82) is 0 Å². The topological polar surface area (TPSA) is 70.1 Å². The standard InChI is InChI=1S/C19H34N.NO3/c1-3-5-6-7-8-9-10-11-12-13-16-20-17-14-15-19(4-2)18-20;2-1(3)4/h14-15,17-18H,3-13,16H2,1-2H3;/q+1;-1. The number of aryl methyl sites for hydroxylation is 2. The molecule has 5 nitrogen and oxygen atoms in total. The van der Waals surface area contributed by atoms with E-state index in [2.05, 4.69) is 42.9 Å². The van der Waals surface area contributed by atoms with Crippen molar-refractivity contribution in [3.05, 3.63) is 45.4 Å². The van der Waals surface area contributed by atoms with Gasteiger partial charge in [-0.05, 0) is 18.9 Å². The summed E-state index contributed by atoms with van der Waals surface area (Å²) in [6.45, 7) is 5.69. The minimum absolute atomic E-state index is 1.14. The third-order valence-corrected chi connectivity index (χ3v) is 4.10.